The fourth-order valence-electron chi connectivity index (χ4n) is 3.47. The first kappa shape index (κ1) is 28.4. The molecule has 192 valence electrons. The van der Waals surface area contributed by atoms with Crippen LogP contribution in [0.25, 0.3) is 0 Å². The first-order valence-electron chi connectivity index (χ1n) is 10.7. The highest BCUT2D eigenvalue weighted by atomic mass is 35.5. The van der Waals surface area contributed by atoms with Crippen molar-refractivity contribution in [2.45, 2.75) is 39.0 Å². The highest BCUT2D eigenvalue weighted by molar-refractivity contribution is 7.92. The molecule has 2 amide bonds. The lowest BCUT2D eigenvalue weighted by atomic mass is 10.1. The summed E-state index contributed by atoms with van der Waals surface area (Å²) in [6.07, 6.45) is -3.70. The van der Waals surface area contributed by atoms with E-state index in [4.69, 9.17) is 11.6 Å². The Balaban J connectivity index is 2.50. The Hall–Kier alpha value is -2.79. The molecule has 2 rings (SSSR count). The Bertz CT molecular complexity index is 1160. The zero-order valence-corrected chi connectivity index (χ0v) is 21.0. The lowest BCUT2D eigenvalue weighted by Gasteiger charge is -2.33. The van der Waals surface area contributed by atoms with Crippen molar-refractivity contribution in [2.75, 3.05) is 23.7 Å². The van der Waals surface area contributed by atoms with Crippen molar-refractivity contribution >= 4 is 39.1 Å². The van der Waals surface area contributed by atoms with Crippen molar-refractivity contribution in [3.63, 3.8) is 0 Å². The molecule has 0 aromatic heterocycles. The Kier molecular flexibility index (Phi) is 9.56. The number of hydrogen-bond donors (Lipinski definition) is 1. The van der Waals surface area contributed by atoms with Gasteiger partial charge in [-0.2, -0.15) is 13.2 Å². The average molecular weight is 534 g/mol. The number of benzene rings is 2. The lowest BCUT2D eigenvalue weighted by molar-refractivity contribution is -0.140. The van der Waals surface area contributed by atoms with Crippen LogP contribution in [0.2, 0.25) is 5.02 Å². The van der Waals surface area contributed by atoms with E-state index in [9.17, 15) is 31.2 Å². The molecule has 0 spiro atoms. The van der Waals surface area contributed by atoms with Gasteiger partial charge in [-0.1, -0.05) is 42.8 Å². The average Bonchev–Trinajstić information content (AvgIpc) is 2.77. The van der Waals surface area contributed by atoms with Gasteiger partial charge in [0.1, 0.15) is 12.6 Å². The van der Waals surface area contributed by atoms with Gasteiger partial charge < -0.3 is 10.2 Å². The first-order chi connectivity index (χ1) is 16.3. The molecule has 0 aliphatic rings. The standard InChI is InChI=1S/C23H27ClF3N3O4S/c1-4-20(22(32)28-5-2)29(14-16-9-6-7-12-19(16)24)21(31)15-30(35(3,33)34)18-11-8-10-17(13-18)23(25,26)27/h6-13,20H,4-5,14-15H2,1-3H3,(H,28,32)/t20-/m0/s1. The van der Waals surface area contributed by atoms with Crippen LogP contribution in [0.5, 0.6) is 0 Å². The van der Waals surface area contributed by atoms with Crippen LogP contribution in [0.4, 0.5) is 18.9 Å². The third kappa shape index (κ3) is 7.60. The van der Waals surface area contributed by atoms with E-state index >= 15 is 0 Å². The Morgan fingerprint density at radius 1 is 1.09 bits per heavy atom. The minimum absolute atomic E-state index is 0.103. The molecule has 0 saturated carbocycles. The maximum Gasteiger partial charge on any atom is 0.416 e. The summed E-state index contributed by atoms with van der Waals surface area (Å²) in [4.78, 5) is 27.4. The van der Waals surface area contributed by atoms with Gasteiger partial charge in [0.15, 0.2) is 0 Å². The second-order valence-corrected chi connectivity index (χ2v) is 10.1. The number of alkyl halides is 3. The molecule has 2 aromatic rings. The summed E-state index contributed by atoms with van der Waals surface area (Å²) in [6, 6.07) is 9.40. The number of hydrogen-bond acceptors (Lipinski definition) is 4. The van der Waals surface area contributed by atoms with Crippen LogP contribution in [0, 0.1) is 0 Å². The largest absolute Gasteiger partial charge is 0.416 e. The van der Waals surface area contributed by atoms with Gasteiger partial charge in [0, 0.05) is 18.1 Å². The van der Waals surface area contributed by atoms with Crippen LogP contribution in [-0.4, -0.2) is 50.5 Å². The van der Waals surface area contributed by atoms with E-state index in [-0.39, 0.29) is 18.7 Å². The van der Waals surface area contributed by atoms with E-state index in [0.29, 0.717) is 27.5 Å². The van der Waals surface area contributed by atoms with Crippen molar-refractivity contribution in [3.05, 3.63) is 64.7 Å². The minimum atomic E-state index is -4.70. The number of likely N-dealkylation sites (N-methyl/N-ethyl adjacent to an activating group) is 1. The predicted octanol–water partition coefficient (Wildman–Crippen LogP) is 4.07. The van der Waals surface area contributed by atoms with E-state index < -0.39 is 46.2 Å². The molecule has 0 bridgehead atoms. The fraction of sp³-hybridized carbons (Fsp3) is 0.391. The summed E-state index contributed by atoms with van der Waals surface area (Å²) in [5.74, 6) is -1.22. The molecular formula is C23H27ClF3N3O4S. The number of carbonyl (C=O) groups is 2. The van der Waals surface area contributed by atoms with Gasteiger partial charge >= 0.3 is 6.18 Å². The second kappa shape index (κ2) is 11.8. The highest BCUT2D eigenvalue weighted by Gasteiger charge is 2.34. The number of halogens is 4. The summed E-state index contributed by atoms with van der Waals surface area (Å²) in [5.41, 5.74) is -0.854. The zero-order valence-electron chi connectivity index (χ0n) is 19.5. The molecule has 2 aromatic carbocycles. The summed E-state index contributed by atoms with van der Waals surface area (Å²) < 4.78 is 65.3. The van der Waals surface area contributed by atoms with Crippen molar-refractivity contribution < 1.29 is 31.2 Å². The summed E-state index contributed by atoms with van der Waals surface area (Å²) in [7, 11) is -4.16. The lowest BCUT2D eigenvalue weighted by Crippen LogP contribution is -2.52. The Morgan fingerprint density at radius 3 is 2.29 bits per heavy atom. The molecule has 1 atom stereocenters. The summed E-state index contributed by atoms with van der Waals surface area (Å²) >= 11 is 6.24. The van der Waals surface area contributed by atoms with Crippen LogP contribution in [0.15, 0.2) is 48.5 Å². The maximum absolute atomic E-state index is 13.5. The van der Waals surface area contributed by atoms with E-state index in [1.54, 1.807) is 38.1 Å². The van der Waals surface area contributed by atoms with Gasteiger partial charge in [-0.3, -0.25) is 13.9 Å². The normalized spacial score (nSPS) is 12.7. The Labute approximate surface area is 207 Å². The molecule has 1 N–H and O–H groups in total. The van der Waals surface area contributed by atoms with E-state index in [2.05, 4.69) is 5.32 Å². The van der Waals surface area contributed by atoms with Gasteiger partial charge in [-0.25, -0.2) is 8.42 Å². The monoisotopic (exact) mass is 533 g/mol. The molecule has 0 heterocycles. The molecule has 12 heteroatoms. The SMILES string of the molecule is CCNC(=O)[C@H](CC)N(Cc1ccccc1Cl)C(=O)CN(c1cccc(C(F)(F)F)c1)S(C)(=O)=O. The summed E-state index contributed by atoms with van der Waals surface area (Å²) in [6.45, 7) is 2.80. The smallest absolute Gasteiger partial charge is 0.355 e. The molecule has 0 unspecified atom stereocenters. The molecule has 0 saturated heterocycles. The number of rotatable bonds is 10. The summed E-state index contributed by atoms with van der Waals surface area (Å²) in [5, 5.41) is 2.99. The molecule has 0 fully saturated rings. The molecule has 0 aliphatic carbocycles. The topological polar surface area (TPSA) is 86.8 Å². The van der Waals surface area contributed by atoms with Crippen LogP contribution >= 0.6 is 11.6 Å². The molecular weight excluding hydrogens is 507 g/mol. The van der Waals surface area contributed by atoms with Crippen LogP contribution in [0.3, 0.4) is 0 Å². The van der Waals surface area contributed by atoms with E-state index in [1.165, 1.54) is 11.0 Å². The van der Waals surface area contributed by atoms with Gasteiger partial charge in [0.2, 0.25) is 21.8 Å². The number of nitrogens with one attached hydrogen (secondary N) is 1. The highest BCUT2D eigenvalue weighted by Crippen LogP contribution is 2.32. The van der Waals surface area contributed by atoms with Crippen molar-refractivity contribution in [1.82, 2.24) is 10.2 Å². The predicted molar refractivity (Wildman–Crippen MR) is 128 cm³/mol. The van der Waals surface area contributed by atoms with Gasteiger partial charge in [-0.05, 0) is 43.2 Å². The number of nitrogens with zero attached hydrogens (tertiary/aromatic N) is 2. The third-order valence-electron chi connectivity index (χ3n) is 5.18. The van der Waals surface area contributed by atoms with Crippen molar-refractivity contribution in [3.8, 4) is 0 Å². The molecule has 0 radical (unpaired) electrons. The van der Waals surface area contributed by atoms with E-state index in [1.807, 2.05) is 0 Å². The van der Waals surface area contributed by atoms with Gasteiger partial charge in [0.25, 0.3) is 0 Å². The van der Waals surface area contributed by atoms with E-state index in [0.717, 1.165) is 18.4 Å². The number of amides is 2. The maximum atomic E-state index is 13.5. The first-order valence-corrected chi connectivity index (χ1v) is 13.0. The minimum Gasteiger partial charge on any atom is -0.355 e. The third-order valence-corrected chi connectivity index (χ3v) is 6.69. The number of anilines is 1. The zero-order chi connectivity index (χ0) is 26.4. The van der Waals surface area contributed by atoms with Crippen LogP contribution in [-0.2, 0) is 32.3 Å². The van der Waals surface area contributed by atoms with Crippen LogP contribution < -0.4 is 9.62 Å². The number of sulfonamides is 1. The fourth-order valence-corrected chi connectivity index (χ4v) is 4.51. The Morgan fingerprint density at radius 2 is 1.74 bits per heavy atom. The van der Waals surface area contributed by atoms with Crippen molar-refractivity contribution in [1.29, 1.82) is 0 Å². The quantitative estimate of drug-likeness (QED) is 0.499. The molecule has 0 aliphatic heterocycles. The van der Waals surface area contributed by atoms with Crippen LogP contribution in [0.1, 0.15) is 31.4 Å². The van der Waals surface area contributed by atoms with Gasteiger partial charge in [0.05, 0.1) is 17.5 Å². The van der Waals surface area contributed by atoms with Gasteiger partial charge in [-0.15, -0.1) is 0 Å². The molecule has 35 heavy (non-hydrogen) atoms. The molecule has 7 nitrogen and oxygen atoms in total. The number of carbonyl (C=O) groups excluding carboxylic acids is 2. The second-order valence-electron chi connectivity index (χ2n) is 7.75. The van der Waals surface area contributed by atoms with Crippen molar-refractivity contribution in [2.24, 2.45) is 0 Å².